The zero-order valence-electron chi connectivity index (χ0n) is 20.5. The molecular formula is C29H27FN6O. The first kappa shape index (κ1) is 24.2. The van der Waals surface area contributed by atoms with E-state index in [1.807, 2.05) is 18.3 Å². The molecule has 2 N–H and O–H groups in total. The van der Waals surface area contributed by atoms with Gasteiger partial charge in [0.25, 0.3) is 5.91 Å². The van der Waals surface area contributed by atoms with Crippen LogP contribution in [-0.4, -0.2) is 54.0 Å². The highest BCUT2D eigenvalue weighted by Gasteiger charge is 2.16. The zero-order chi connectivity index (χ0) is 25.8. The second-order valence-electron chi connectivity index (χ2n) is 9.18. The lowest BCUT2D eigenvalue weighted by atomic mass is 10.0. The lowest BCUT2D eigenvalue weighted by Crippen LogP contribution is -2.44. The molecular weight excluding hydrogens is 467 g/mol. The van der Waals surface area contributed by atoms with Gasteiger partial charge in [0.15, 0.2) is 0 Å². The van der Waals surface area contributed by atoms with Gasteiger partial charge in [0, 0.05) is 67.3 Å². The molecule has 0 atom stereocenters. The number of hydrogen-bond donors (Lipinski definition) is 2. The quantitative estimate of drug-likeness (QED) is 0.308. The number of fused-ring (bicyclic) bond motifs is 1. The molecule has 0 spiro atoms. The van der Waals surface area contributed by atoms with E-state index in [2.05, 4.69) is 56.4 Å². The van der Waals surface area contributed by atoms with Crippen LogP contribution in [0.2, 0.25) is 0 Å². The van der Waals surface area contributed by atoms with Crippen LogP contribution in [0, 0.1) is 17.1 Å². The van der Waals surface area contributed by atoms with Crippen LogP contribution in [0.5, 0.6) is 0 Å². The number of aromatic nitrogens is 2. The second-order valence-corrected chi connectivity index (χ2v) is 9.18. The number of carbonyl (C=O) groups is 1. The zero-order valence-corrected chi connectivity index (χ0v) is 20.5. The van der Waals surface area contributed by atoms with Crippen LogP contribution < -0.4 is 10.2 Å². The van der Waals surface area contributed by atoms with Crippen molar-refractivity contribution >= 4 is 28.7 Å². The van der Waals surface area contributed by atoms with Crippen molar-refractivity contribution in [3.05, 3.63) is 89.5 Å². The van der Waals surface area contributed by atoms with Crippen molar-refractivity contribution in [1.82, 2.24) is 20.2 Å². The molecule has 5 rings (SSSR count). The normalized spacial score (nSPS) is 14.5. The fourth-order valence-electron chi connectivity index (χ4n) is 4.43. The van der Waals surface area contributed by atoms with Crippen molar-refractivity contribution in [1.29, 1.82) is 5.26 Å². The summed E-state index contributed by atoms with van der Waals surface area (Å²) in [5, 5.41) is 13.2. The van der Waals surface area contributed by atoms with Gasteiger partial charge in [-0.2, -0.15) is 5.26 Å². The Morgan fingerprint density at radius 3 is 2.68 bits per heavy atom. The van der Waals surface area contributed by atoms with E-state index in [1.165, 1.54) is 17.8 Å². The first-order chi connectivity index (χ1) is 18.0. The Labute approximate surface area is 214 Å². The van der Waals surface area contributed by atoms with Gasteiger partial charge >= 0.3 is 0 Å². The number of nitrogens with zero attached hydrogens (tertiary/aromatic N) is 4. The Bertz CT molecular complexity index is 1490. The summed E-state index contributed by atoms with van der Waals surface area (Å²) in [5.74, 6) is -0.837. The molecule has 1 amide bonds. The standard InChI is InChI=1S/C29H27FN6O/c1-35-9-11-36(12-10-35)26-4-2-3-21(14-26)23-15-27-24(19-33-28(27)32-18-23)13-22(16-31)29(37)34-17-20-5-7-25(30)8-6-20/h2-8,13-15,18-19H,9-12,17H2,1H3,(H,32,33)(H,34,37)/b22-13+. The van der Waals surface area contributed by atoms with E-state index in [1.54, 1.807) is 24.4 Å². The third kappa shape index (κ3) is 5.52. The SMILES string of the molecule is CN1CCN(c2cccc(-c3cnc4[nH]cc(/C=C(\C#N)C(=O)NCc5ccc(F)cc5)c4c3)c2)CC1. The van der Waals surface area contributed by atoms with E-state index in [0.717, 1.165) is 48.3 Å². The average Bonchev–Trinajstić information content (AvgIpc) is 3.33. The molecule has 2 aromatic carbocycles. The van der Waals surface area contributed by atoms with Crippen LogP contribution in [0.1, 0.15) is 11.1 Å². The second kappa shape index (κ2) is 10.6. The molecule has 0 bridgehead atoms. The Kier molecular flexibility index (Phi) is 6.97. The van der Waals surface area contributed by atoms with Gasteiger partial charge in [0.1, 0.15) is 23.1 Å². The maximum Gasteiger partial charge on any atom is 0.262 e. The summed E-state index contributed by atoms with van der Waals surface area (Å²) in [4.78, 5) is 25.1. The number of carbonyl (C=O) groups excluding carboxylic acids is 1. The number of pyridine rings is 1. The van der Waals surface area contributed by atoms with E-state index in [4.69, 9.17) is 0 Å². The predicted molar refractivity (Wildman–Crippen MR) is 143 cm³/mol. The van der Waals surface area contributed by atoms with Gasteiger partial charge in [-0.3, -0.25) is 4.79 Å². The van der Waals surface area contributed by atoms with Crippen LogP contribution in [0.4, 0.5) is 10.1 Å². The Morgan fingerprint density at radius 2 is 1.92 bits per heavy atom. The van der Waals surface area contributed by atoms with Crippen molar-refractivity contribution in [2.24, 2.45) is 0 Å². The highest BCUT2D eigenvalue weighted by atomic mass is 19.1. The van der Waals surface area contributed by atoms with E-state index in [0.29, 0.717) is 11.2 Å². The summed E-state index contributed by atoms with van der Waals surface area (Å²) in [6.07, 6.45) is 5.13. The number of H-pyrrole nitrogens is 1. The summed E-state index contributed by atoms with van der Waals surface area (Å²) in [7, 11) is 2.14. The maximum absolute atomic E-state index is 13.1. The minimum atomic E-state index is -0.495. The molecule has 186 valence electrons. The number of anilines is 1. The van der Waals surface area contributed by atoms with Gasteiger partial charge in [-0.25, -0.2) is 9.37 Å². The molecule has 7 nitrogen and oxygen atoms in total. The summed E-state index contributed by atoms with van der Waals surface area (Å²) in [5.41, 5.74) is 5.29. The number of benzene rings is 2. The third-order valence-electron chi connectivity index (χ3n) is 6.64. The maximum atomic E-state index is 13.1. The molecule has 0 unspecified atom stereocenters. The fourth-order valence-corrected chi connectivity index (χ4v) is 4.43. The summed E-state index contributed by atoms with van der Waals surface area (Å²) in [6.45, 7) is 4.25. The van der Waals surface area contributed by atoms with Crippen molar-refractivity contribution in [2.75, 3.05) is 38.1 Å². The van der Waals surface area contributed by atoms with Gasteiger partial charge in [0.2, 0.25) is 0 Å². The first-order valence-corrected chi connectivity index (χ1v) is 12.2. The van der Waals surface area contributed by atoms with Crippen molar-refractivity contribution in [3.63, 3.8) is 0 Å². The summed E-state index contributed by atoms with van der Waals surface area (Å²) in [6, 6.07) is 18.3. The molecule has 1 fully saturated rings. The minimum absolute atomic E-state index is 0.0227. The number of aromatic amines is 1. The van der Waals surface area contributed by atoms with Crippen LogP contribution in [-0.2, 0) is 11.3 Å². The van der Waals surface area contributed by atoms with Crippen molar-refractivity contribution in [3.8, 4) is 17.2 Å². The summed E-state index contributed by atoms with van der Waals surface area (Å²) >= 11 is 0. The topological polar surface area (TPSA) is 88.0 Å². The molecule has 3 heterocycles. The van der Waals surface area contributed by atoms with Crippen LogP contribution in [0.15, 0.2) is 72.6 Å². The van der Waals surface area contributed by atoms with E-state index >= 15 is 0 Å². The van der Waals surface area contributed by atoms with E-state index in [9.17, 15) is 14.4 Å². The van der Waals surface area contributed by atoms with Gasteiger partial charge in [-0.1, -0.05) is 24.3 Å². The average molecular weight is 495 g/mol. The number of nitrogens with one attached hydrogen (secondary N) is 2. The Balaban J connectivity index is 1.38. The lowest BCUT2D eigenvalue weighted by molar-refractivity contribution is -0.117. The molecule has 2 aromatic heterocycles. The molecule has 0 radical (unpaired) electrons. The number of likely N-dealkylation sites (N-methyl/N-ethyl adjacent to an activating group) is 1. The Morgan fingerprint density at radius 1 is 1.14 bits per heavy atom. The van der Waals surface area contributed by atoms with Crippen LogP contribution >= 0.6 is 0 Å². The molecule has 0 aliphatic carbocycles. The molecule has 8 heteroatoms. The van der Waals surface area contributed by atoms with Gasteiger partial charge in [-0.15, -0.1) is 0 Å². The van der Waals surface area contributed by atoms with Crippen molar-refractivity contribution < 1.29 is 9.18 Å². The van der Waals surface area contributed by atoms with E-state index < -0.39 is 5.91 Å². The predicted octanol–water partition coefficient (Wildman–Crippen LogP) is 4.34. The van der Waals surface area contributed by atoms with Gasteiger partial charge < -0.3 is 20.1 Å². The molecule has 1 saturated heterocycles. The number of piperazine rings is 1. The largest absolute Gasteiger partial charge is 0.369 e. The number of nitriles is 1. The molecule has 1 aliphatic rings. The lowest BCUT2D eigenvalue weighted by Gasteiger charge is -2.34. The number of halogens is 1. The summed E-state index contributed by atoms with van der Waals surface area (Å²) < 4.78 is 13.1. The Hall–Kier alpha value is -4.48. The van der Waals surface area contributed by atoms with Crippen LogP contribution in [0.25, 0.3) is 28.2 Å². The minimum Gasteiger partial charge on any atom is -0.369 e. The smallest absolute Gasteiger partial charge is 0.262 e. The van der Waals surface area contributed by atoms with Gasteiger partial charge in [-0.05, 0) is 54.6 Å². The molecule has 0 saturated carbocycles. The van der Waals surface area contributed by atoms with Crippen molar-refractivity contribution in [2.45, 2.75) is 6.54 Å². The molecule has 37 heavy (non-hydrogen) atoms. The highest BCUT2D eigenvalue weighted by molar-refractivity contribution is 6.04. The number of amides is 1. The number of rotatable bonds is 6. The molecule has 1 aliphatic heterocycles. The third-order valence-corrected chi connectivity index (χ3v) is 6.64. The van der Waals surface area contributed by atoms with E-state index in [-0.39, 0.29) is 17.9 Å². The fraction of sp³-hybridized carbons (Fsp3) is 0.207. The number of hydrogen-bond acceptors (Lipinski definition) is 5. The monoisotopic (exact) mass is 494 g/mol. The van der Waals surface area contributed by atoms with Gasteiger partial charge in [0.05, 0.1) is 0 Å². The molecule has 4 aromatic rings. The first-order valence-electron chi connectivity index (χ1n) is 12.2. The van der Waals surface area contributed by atoms with Crippen LogP contribution in [0.3, 0.4) is 0 Å². The highest BCUT2D eigenvalue weighted by Crippen LogP contribution is 2.29.